The lowest BCUT2D eigenvalue weighted by Gasteiger charge is -2.26. The minimum Gasteiger partial charge on any atom is -0.392 e. The number of benzene rings is 1. The van der Waals surface area contributed by atoms with Crippen LogP contribution in [0.1, 0.15) is 18.4 Å². The van der Waals surface area contributed by atoms with Crippen molar-refractivity contribution in [1.29, 1.82) is 0 Å². The molecule has 2 nitrogen and oxygen atoms in total. The van der Waals surface area contributed by atoms with E-state index in [0.29, 0.717) is 17.5 Å². The van der Waals surface area contributed by atoms with Crippen LogP contribution in [-0.2, 0) is 11.2 Å². The molecule has 0 aliphatic carbocycles. The van der Waals surface area contributed by atoms with Crippen LogP contribution in [0.15, 0.2) is 22.7 Å². The Morgan fingerprint density at radius 1 is 1.53 bits per heavy atom. The summed E-state index contributed by atoms with van der Waals surface area (Å²) in [7, 11) is 0. The van der Waals surface area contributed by atoms with Gasteiger partial charge in [0.05, 0.1) is 17.2 Å². The van der Waals surface area contributed by atoms with Crippen LogP contribution in [0.2, 0.25) is 0 Å². The summed E-state index contributed by atoms with van der Waals surface area (Å²) in [5, 5.41) is 10.1. The van der Waals surface area contributed by atoms with E-state index in [1.54, 1.807) is 12.1 Å². The molecule has 1 N–H and O–H groups in total. The van der Waals surface area contributed by atoms with Crippen molar-refractivity contribution < 1.29 is 14.2 Å². The summed E-state index contributed by atoms with van der Waals surface area (Å²) < 4.78 is 18.9. The van der Waals surface area contributed by atoms with Crippen LogP contribution < -0.4 is 0 Å². The first-order valence-electron chi connectivity index (χ1n) is 5.86. The van der Waals surface area contributed by atoms with Crippen LogP contribution in [0.25, 0.3) is 0 Å². The molecule has 2 rings (SSSR count). The van der Waals surface area contributed by atoms with Crippen molar-refractivity contribution in [3.05, 3.63) is 34.1 Å². The molecule has 2 atom stereocenters. The zero-order valence-electron chi connectivity index (χ0n) is 9.53. The molecule has 4 heteroatoms. The molecule has 0 radical (unpaired) electrons. The quantitative estimate of drug-likeness (QED) is 0.930. The van der Waals surface area contributed by atoms with E-state index < -0.39 is 6.10 Å². The monoisotopic (exact) mass is 302 g/mol. The van der Waals surface area contributed by atoms with Gasteiger partial charge in [-0.2, -0.15) is 0 Å². The van der Waals surface area contributed by atoms with E-state index in [1.807, 2.05) is 0 Å². The number of hydrogen-bond donors (Lipinski definition) is 1. The van der Waals surface area contributed by atoms with Crippen LogP contribution in [0, 0.1) is 11.7 Å². The molecule has 0 amide bonds. The zero-order valence-corrected chi connectivity index (χ0v) is 11.1. The highest BCUT2D eigenvalue weighted by molar-refractivity contribution is 9.10. The van der Waals surface area contributed by atoms with E-state index in [1.165, 1.54) is 6.07 Å². The van der Waals surface area contributed by atoms with Gasteiger partial charge in [-0.1, -0.05) is 6.07 Å². The van der Waals surface area contributed by atoms with E-state index in [4.69, 9.17) is 4.74 Å². The Labute approximate surface area is 109 Å². The SMILES string of the molecule is OC(Cc1ccc(F)c(Br)c1)C1CCCOC1. The van der Waals surface area contributed by atoms with Crippen molar-refractivity contribution in [3.8, 4) is 0 Å². The smallest absolute Gasteiger partial charge is 0.137 e. The topological polar surface area (TPSA) is 29.5 Å². The van der Waals surface area contributed by atoms with Crippen LogP contribution in [-0.4, -0.2) is 24.4 Å². The molecule has 0 bridgehead atoms. The molecule has 1 aromatic rings. The number of hydrogen-bond acceptors (Lipinski definition) is 2. The maximum Gasteiger partial charge on any atom is 0.137 e. The molecule has 1 aliphatic heterocycles. The van der Waals surface area contributed by atoms with Gasteiger partial charge in [-0.05, 0) is 52.9 Å². The number of rotatable bonds is 3. The van der Waals surface area contributed by atoms with Gasteiger partial charge in [-0.25, -0.2) is 4.39 Å². The first-order chi connectivity index (χ1) is 8.16. The van der Waals surface area contributed by atoms with Gasteiger partial charge in [-0.15, -0.1) is 0 Å². The standard InChI is InChI=1S/C13H16BrFO2/c14-11-6-9(3-4-12(11)15)7-13(16)10-2-1-5-17-8-10/h3-4,6,10,13,16H,1-2,5,7-8H2. The molecular weight excluding hydrogens is 287 g/mol. The van der Waals surface area contributed by atoms with Crippen molar-refractivity contribution in [2.45, 2.75) is 25.4 Å². The van der Waals surface area contributed by atoms with Crippen molar-refractivity contribution in [2.75, 3.05) is 13.2 Å². The summed E-state index contributed by atoms with van der Waals surface area (Å²) in [6.45, 7) is 1.43. The van der Waals surface area contributed by atoms with Gasteiger partial charge < -0.3 is 9.84 Å². The fourth-order valence-corrected chi connectivity index (χ4v) is 2.57. The Morgan fingerprint density at radius 3 is 3.00 bits per heavy atom. The highest BCUT2D eigenvalue weighted by atomic mass is 79.9. The zero-order chi connectivity index (χ0) is 12.3. The molecule has 17 heavy (non-hydrogen) atoms. The first-order valence-corrected chi connectivity index (χ1v) is 6.66. The molecular formula is C13H16BrFO2. The van der Waals surface area contributed by atoms with Crippen molar-refractivity contribution in [2.24, 2.45) is 5.92 Å². The lowest BCUT2D eigenvalue weighted by Crippen LogP contribution is -2.30. The summed E-state index contributed by atoms with van der Waals surface area (Å²) in [6, 6.07) is 4.86. The predicted molar refractivity (Wildman–Crippen MR) is 67.4 cm³/mol. The fourth-order valence-electron chi connectivity index (χ4n) is 2.14. The normalized spacial score (nSPS) is 22.4. The number of aliphatic hydroxyl groups excluding tert-OH is 1. The molecule has 94 valence electrons. The lowest BCUT2D eigenvalue weighted by atomic mass is 9.91. The van der Waals surface area contributed by atoms with Gasteiger partial charge in [0.15, 0.2) is 0 Å². The van der Waals surface area contributed by atoms with E-state index in [0.717, 1.165) is 25.0 Å². The van der Waals surface area contributed by atoms with Crippen LogP contribution in [0.4, 0.5) is 4.39 Å². The highest BCUT2D eigenvalue weighted by Crippen LogP contribution is 2.22. The third kappa shape index (κ3) is 3.50. The molecule has 1 saturated heterocycles. The summed E-state index contributed by atoms with van der Waals surface area (Å²) >= 11 is 3.15. The Balaban J connectivity index is 1.96. The third-order valence-electron chi connectivity index (χ3n) is 3.17. The summed E-state index contributed by atoms with van der Waals surface area (Å²) in [4.78, 5) is 0. The van der Waals surface area contributed by atoms with Gasteiger partial charge in [0.2, 0.25) is 0 Å². The second kappa shape index (κ2) is 5.94. The van der Waals surface area contributed by atoms with Crippen LogP contribution in [0.5, 0.6) is 0 Å². The van der Waals surface area contributed by atoms with Gasteiger partial charge in [0.25, 0.3) is 0 Å². The summed E-state index contributed by atoms with van der Waals surface area (Å²) in [5.41, 5.74) is 0.941. The summed E-state index contributed by atoms with van der Waals surface area (Å²) in [5.74, 6) is -0.0724. The fraction of sp³-hybridized carbons (Fsp3) is 0.538. The lowest BCUT2D eigenvalue weighted by molar-refractivity contribution is -0.00848. The number of aliphatic hydroxyl groups is 1. The largest absolute Gasteiger partial charge is 0.392 e. The highest BCUT2D eigenvalue weighted by Gasteiger charge is 2.22. The Bertz CT molecular complexity index is 378. The molecule has 0 spiro atoms. The average Bonchev–Trinajstić information content (AvgIpc) is 2.35. The van der Waals surface area contributed by atoms with Gasteiger partial charge in [-0.3, -0.25) is 0 Å². The average molecular weight is 303 g/mol. The maximum absolute atomic E-state index is 13.1. The molecule has 1 heterocycles. The minimum absolute atomic E-state index is 0.201. The van der Waals surface area contributed by atoms with Crippen molar-refractivity contribution >= 4 is 15.9 Å². The predicted octanol–water partition coefficient (Wildman–Crippen LogP) is 2.92. The summed E-state index contributed by atoms with van der Waals surface area (Å²) in [6.07, 6.45) is 2.15. The molecule has 1 aliphatic rings. The Morgan fingerprint density at radius 2 is 2.35 bits per heavy atom. The molecule has 0 saturated carbocycles. The van der Waals surface area contributed by atoms with E-state index in [-0.39, 0.29) is 11.7 Å². The molecule has 1 aromatic carbocycles. The Hall–Kier alpha value is -0.450. The second-order valence-electron chi connectivity index (χ2n) is 4.50. The van der Waals surface area contributed by atoms with Crippen molar-refractivity contribution in [3.63, 3.8) is 0 Å². The van der Waals surface area contributed by atoms with Crippen molar-refractivity contribution in [1.82, 2.24) is 0 Å². The molecule has 1 fully saturated rings. The Kier molecular flexibility index (Phi) is 4.54. The molecule has 2 unspecified atom stereocenters. The minimum atomic E-state index is -0.410. The van der Waals surface area contributed by atoms with E-state index in [2.05, 4.69) is 15.9 Å². The van der Waals surface area contributed by atoms with Gasteiger partial charge in [0.1, 0.15) is 5.82 Å². The van der Waals surface area contributed by atoms with Crippen LogP contribution >= 0.6 is 15.9 Å². The van der Waals surface area contributed by atoms with E-state index >= 15 is 0 Å². The molecule has 0 aromatic heterocycles. The third-order valence-corrected chi connectivity index (χ3v) is 3.78. The number of halogens is 2. The van der Waals surface area contributed by atoms with Gasteiger partial charge >= 0.3 is 0 Å². The second-order valence-corrected chi connectivity index (χ2v) is 5.35. The van der Waals surface area contributed by atoms with Gasteiger partial charge in [0, 0.05) is 12.5 Å². The van der Waals surface area contributed by atoms with Crippen LogP contribution in [0.3, 0.4) is 0 Å². The van der Waals surface area contributed by atoms with E-state index in [9.17, 15) is 9.50 Å². The first kappa shape index (κ1) is 13.0. The maximum atomic E-state index is 13.1. The number of ether oxygens (including phenoxy) is 1.